The van der Waals surface area contributed by atoms with Gasteiger partial charge in [0.2, 0.25) is 0 Å². The van der Waals surface area contributed by atoms with Gasteiger partial charge in [-0.2, -0.15) is 0 Å². The summed E-state index contributed by atoms with van der Waals surface area (Å²) >= 11 is 0. The van der Waals surface area contributed by atoms with Gasteiger partial charge in [0, 0.05) is 13.0 Å². The summed E-state index contributed by atoms with van der Waals surface area (Å²) in [5.41, 5.74) is 0. The van der Waals surface area contributed by atoms with Crippen LogP contribution in [0, 0.1) is 0 Å². The molecule has 360 valence electrons. The average Bonchev–Trinajstić information content (AvgIpc) is 3.27. The minimum atomic E-state index is -1.71. The number of hydrogen-bond acceptors (Lipinski definition) is 14. The predicted octanol–water partition coefficient (Wildman–Crippen LogP) is 6.01. The molecule has 11 atom stereocenters. The summed E-state index contributed by atoms with van der Waals surface area (Å²) in [7, 11) is 0. The Hall–Kier alpha value is -2.05. The van der Waals surface area contributed by atoms with E-state index in [0.29, 0.717) is 13.0 Å². The zero-order valence-corrected chi connectivity index (χ0v) is 37.8. The third-order valence-corrected chi connectivity index (χ3v) is 11.0. The molecule has 0 aromatic rings. The van der Waals surface area contributed by atoms with Crippen molar-refractivity contribution in [1.29, 1.82) is 0 Å². The Labute approximate surface area is 372 Å². The normalized spacial score (nSPS) is 27.6. The molecule has 0 spiro atoms. The maximum atomic E-state index is 12.9. The third-order valence-electron chi connectivity index (χ3n) is 11.0. The third kappa shape index (κ3) is 24.3. The number of carbonyl (C=O) groups excluding carboxylic acids is 1. The van der Waals surface area contributed by atoms with E-state index in [1.165, 1.54) is 25.7 Å². The molecule has 0 amide bonds. The van der Waals surface area contributed by atoms with Crippen LogP contribution in [0.4, 0.5) is 0 Å². The van der Waals surface area contributed by atoms with E-state index < -0.39 is 86.7 Å². The molecular weight excluding hydrogens is 801 g/mol. The van der Waals surface area contributed by atoms with Crippen molar-refractivity contribution in [2.45, 2.75) is 216 Å². The zero-order valence-electron chi connectivity index (χ0n) is 37.8. The van der Waals surface area contributed by atoms with Crippen LogP contribution in [0.25, 0.3) is 0 Å². The highest BCUT2D eigenvalue weighted by molar-refractivity contribution is 5.69. The minimum Gasteiger partial charge on any atom is -0.457 e. The van der Waals surface area contributed by atoms with E-state index in [1.807, 2.05) is 0 Å². The summed E-state index contributed by atoms with van der Waals surface area (Å²) < 4.78 is 34.2. The monoisotopic (exact) mass is 885 g/mol. The van der Waals surface area contributed by atoms with Crippen molar-refractivity contribution in [1.82, 2.24) is 0 Å². The van der Waals surface area contributed by atoms with E-state index >= 15 is 0 Å². The summed E-state index contributed by atoms with van der Waals surface area (Å²) in [5.74, 6) is -0.397. The molecule has 2 fully saturated rings. The van der Waals surface area contributed by atoms with Crippen LogP contribution in [-0.4, -0.2) is 142 Å². The lowest BCUT2D eigenvalue weighted by atomic mass is 9.98. The molecule has 0 radical (unpaired) electrons. The van der Waals surface area contributed by atoms with Crippen LogP contribution in [-0.2, 0) is 33.2 Å². The molecule has 2 aliphatic heterocycles. The van der Waals surface area contributed by atoms with Crippen molar-refractivity contribution in [3.63, 3.8) is 0 Å². The molecule has 0 aliphatic carbocycles. The smallest absolute Gasteiger partial charge is 0.306 e. The first-order valence-electron chi connectivity index (χ1n) is 23.7. The van der Waals surface area contributed by atoms with Gasteiger partial charge < -0.3 is 64.2 Å². The van der Waals surface area contributed by atoms with Gasteiger partial charge in [-0.3, -0.25) is 4.79 Å². The van der Waals surface area contributed by atoms with Gasteiger partial charge in [-0.25, -0.2) is 0 Å². The van der Waals surface area contributed by atoms with Crippen molar-refractivity contribution >= 4 is 5.97 Å². The molecule has 2 rings (SSSR count). The van der Waals surface area contributed by atoms with E-state index in [-0.39, 0.29) is 19.6 Å². The van der Waals surface area contributed by atoms with Crippen molar-refractivity contribution in [3.8, 4) is 0 Å². The van der Waals surface area contributed by atoms with Crippen LogP contribution in [0.15, 0.2) is 48.6 Å². The van der Waals surface area contributed by atoms with Crippen molar-refractivity contribution < 1.29 is 69.0 Å². The second-order valence-electron chi connectivity index (χ2n) is 16.6. The van der Waals surface area contributed by atoms with E-state index in [1.54, 1.807) is 0 Å². The van der Waals surface area contributed by atoms with Gasteiger partial charge >= 0.3 is 5.97 Å². The Morgan fingerprint density at radius 1 is 0.532 bits per heavy atom. The molecule has 0 aromatic carbocycles. The first kappa shape index (κ1) is 56.1. The Kier molecular flexibility index (Phi) is 32.7. The summed E-state index contributed by atoms with van der Waals surface area (Å²) in [6, 6.07) is 0. The van der Waals surface area contributed by atoms with Gasteiger partial charge in [-0.1, -0.05) is 127 Å². The van der Waals surface area contributed by atoms with E-state index in [2.05, 4.69) is 62.5 Å². The molecule has 0 aromatic heterocycles. The second kappa shape index (κ2) is 36.2. The quantitative estimate of drug-likeness (QED) is 0.0218. The topological polar surface area (TPSA) is 214 Å². The molecule has 11 unspecified atom stereocenters. The van der Waals surface area contributed by atoms with Crippen molar-refractivity contribution in [2.24, 2.45) is 0 Å². The van der Waals surface area contributed by atoms with Crippen LogP contribution in [0.1, 0.15) is 149 Å². The average molecular weight is 885 g/mol. The number of rotatable bonds is 36. The van der Waals surface area contributed by atoms with Crippen LogP contribution < -0.4 is 0 Å². The first-order chi connectivity index (χ1) is 30.1. The number of allylic oxidation sites excluding steroid dienone is 8. The van der Waals surface area contributed by atoms with Gasteiger partial charge in [-0.15, -0.1) is 0 Å². The number of carbonyl (C=O) groups is 1. The molecule has 2 heterocycles. The van der Waals surface area contributed by atoms with Crippen molar-refractivity contribution in [2.75, 3.05) is 33.0 Å². The van der Waals surface area contributed by atoms with E-state index in [9.17, 15) is 40.5 Å². The summed E-state index contributed by atoms with van der Waals surface area (Å²) in [5, 5.41) is 72.0. The van der Waals surface area contributed by atoms with Gasteiger partial charge in [0.1, 0.15) is 54.9 Å². The van der Waals surface area contributed by atoms with Crippen LogP contribution >= 0.6 is 0 Å². The van der Waals surface area contributed by atoms with E-state index in [0.717, 1.165) is 96.3 Å². The lowest BCUT2D eigenvalue weighted by molar-refractivity contribution is -0.332. The molecule has 2 aliphatic rings. The van der Waals surface area contributed by atoms with Crippen LogP contribution in [0.3, 0.4) is 0 Å². The van der Waals surface area contributed by atoms with Gasteiger partial charge in [0.05, 0.1) is 26.4 Å². The van der Waals surface area contributed by atoms with Gasteiger partial charge in [0.25, 0.3) is 0 Å². The molecule has 0 saturated carbocycles. The number of ether oxygens (including phenoxy) is 6. The second-order valence-corrected chi connectivity index (χ2v) is 16.6. The maximum absolute atomic E-state index is 12.9. The number of hydrogen-bond donors (Lipinski definition) is 7. The summed E-state index contributed by atoms with van der Waals surface area (Å²) in [6.07, 6.45) is 23.2. The fraction of sp³-hybridized carbons (Fsp3) is 0.812. The molecule has 0 bridgehead atoms. The zero-order chi connectivity index (χ0) is 45.2. The molecule has 7 N–H and O–H groups in total. The highest BCUT2D eigenvalue weighted by Gasteiger charge is 2.47. The standard InChI is InChI=1S/C48H84O14/c1-3-5-7-9-11-13-15-17-18-20-22-24-26-28-30-32-57-34-37(60-40(50)31-29-27-25-23-21-19-16-14-12-10-8-6-4-2)35-58-47-46(56)44(54)42(52)39(62-47)36-59-48-45(55)43(53)41(51)38(33-49)61-48/h8-11,14-17,37-39,41-49,51-56H,3-7,12-13,18-36H2,1-2H3/b10-8-,11-9-,16-14-,17-15-. The fourth-order valence-corrected chi connectivity index (χ4v) is 7.10. The number of aliphatic hydroxyl groups excluding tert-OH is 7. The van der Waals surface area contributed by atoms with Crippen molar-refractivity contribution in [3.05, 3.63) is 48.6 Å². The SMILES string of the molecule is CCC/C=C\C/C=C\CCCCCCCC(=O)OC(COCCCCCCCC/C=C\C/C=C\CCCC)COC1OC(COC2OC(CO)C(O)C(O)C2O)C(O)C(O)C1O. The first-order valence-corrected chi connectivity index (χ1v) is 23.7. The minimum absolute atomic E-state index is 0.0470. The largest absolute Gasteiger partial charge is 0.457 e. The lowest BCUT2D eigenvalue weighted by Crippen LogP contribution is -2.61. The fourth-order valence-electron chi connectivity index (χ4n) is 7.10. The number of esters is 1. The Balaban J connectivity index is 1.81. The molecular formula is C48H84O14. The molecule has 62 heavy (non-hydrogen) atoms. The highest BCUT2D eigenvalue weighted by Crippen LogP contribution is 2.26. The molecule has 2 saturated heterocycles. The van der Waals surface area contributed by atoms with Crippen LogP contribution in [0.5, 0.6) is 0 Å². The highest BCUT2D eigenvalue weighted by atomic mass is 16.7. The van der Waals surface area contributed by atoms with Crippen LogP contribution in [0.2, 0.25) is 0 Å². The number of unbranched alkanes of at least 4 members (excludes halogenated alkanes) is 14. The summed E-state index contributed by atoms with van der Waals surface area (Å²) in [6.45, 7) is 3.51. The molecule has 14 nitrogen and oxygen atoms in total. The summed E-state index contributed by atoms with van der Waals surface area (Å²) in [4.78, 5) is 12.9. The lowest BCUT2D eigenvalue weighted by Gasteiger charge is -2.42. The predicted molar refractivity (Wildman–Crippen MR) is 238 cm³/mol. The van der Waals surface area contributed by atoms with Gasteiger partial charge in [0.15, 0.2) is 12.6 Å². The Morgan fingerprint density at radius 2 is 1.03 bits per heavy atom. The van der Waals surface area contributed by atoms with Gasteiger partial charge in [-0.05, 0) is 64.2 Å². The van der Waals surface area contributed by atoms with E-state index in [4.69, 9.17) is 28.4 Å². The Morgan fingerprint density at radius 3 is 1.61 bits per heavy atom. The maximum Gasteiger partial charge on any atom is 0.306 e. The Bertz CT molecular complexity index is 1210. The molecule has 14 heteroatoms. The number of aliphatic hydroxyl groups is 7.